The lowest BCUT2D eigenvalue weighted by Crippen LogP contribution is -2.30. The summed E-state index contributed by atoms with van der Waals surface area (Å²) in [6.07, 6.45) is 2.74. The maximum atomic E-state index is 13.1. The number of amides is 1. The molecule has 3 heterocycles. The number of carbonyl (C=O) groups is 1. The van der Waals surface area contributed by atoms with Gasteiger partial charge in [0.2, 0.25) is 5.91 Å². The lowest BCUT2D eigenvalue weighted by atomic mass is 10.0. The van der Waals surface area contributed by atoms with Gasteiger partial charge in [-0.1, -0.05) is 48.4 Å². The van der Waals surface area contributed by atoms with Crippen LogP contribution in [0.5, 0.6) is 0 Å². The highest BCUT2D eigenvalue weighted by Gasteiger charge is 2.28. The molecule has 158 valence electrons. The van der Waals surface area contributed by atoms with E-state index in [1.54, 1.807) is 4.68 Å². The van der Waals surface area contributed by atoms with E-state index < -0.39 is 0 Å². The van der Waals surface area contributed by atoms with Gasteiger partial charge in [-0.25, -0.2) is 4.68 Å². The summed E-state index contributed by atoms with van der Waals surface area (Å²) in [5, 5.41) is 16.3. The zero-order valence-corrected chi connectivity index (χ0v) is 17.9. The first-order valence-electron chi connectivity index (χ1n) is 10.8. The van der Waals surface area contributed by atoms with Crippen molar-refractivity contribution in [2.24, 2.45) is 0 Å². The van der Waals surface area contributed by atoms with Crippen molar-refractivity contribution >= 4 is 16.8 Å². The minimum Gasteiger partial charge on any atom is -0.354 e. The topological polar surface area (TPSA) is 88.5 Å². The van der Waals surface area contributed by atoms with Crippen molar-refractivity contribution in [1.29, 1.82) is 0 Å². The average molecular weight is 415 g/mol. The van der Waals surface area contributed by atoms with Crippen molar-refractivity contribution in [2.75, 3.05) is 0 Å². The van der Waals surface area contributed by atoms with Crippen LogP contribution >= 0.6 is 0 Å². The average Bonchev–Trinajstić information content (AvgIpc) is 3.31. The molecule has 1 aliphatic rings. The van der Waals surface area contributed by atoms with Crippen molar-refractivity contribution in [3.63, 3.8) is 0 Å². The Balaban J connectivity index is 1.44. The molecule has 0 spiro atoms. The minimum absolute atomic E-state index is 0.0147. The number of carbonyl (C=O) groups excluding carboxylic acids is 1. The van der Waals surface area contributed by atoms with E-state index in [1.807, 2.05) is 18.2 Å². The number of rotatable bonds is 4. The number of hydrogen-bond donors (Lipinski definition) is 2. The lowest BCUT2D eigenvalue weighted by molar-refractivity contribution is -0.123. The van der Waals surface area contributed by atoms with Gasteiger partial charge in [0, 0.05) is 24.2 Å². The summed E-state index contributed by atoms with van der Waals surface area (Å²) in [4.78, 5) is 16.7. The molecule has 0 unspecified atom stereocenters. The summed E-state index contributed by atoms with van der Waals surface area (Å²) in [5.41, 5.74) is 6.85. The van der Waals surface area contributed by atoms with Gasteiger partial charge in [-0.2, -0.15) is 0 Å². The SMILES string of the molecule is Cc1cc(CNC(=O)[C@H]2CCCCn3nnnc32)c2[nH]c(-c3ccccc3)c(C)c2c1. The predicted molar refractivity (Wildman–Crippen MR) is 119 cm³/mol. The standard InChI is InChI=1S/C24H26N6O/c1-15-12-18(14-25-24(31)19-10-6-7-11-30-23(19)27-28-29-30)22-20(13-15)16(2)21(26-22)17-8-4-3-5-9-17/h3-5,8-9,12-13,19,26H,6-7,10-11,14H2,1-2H3,(H,25,31)/t19-/m0/s1. The van der Waals surface area contributed by atoms with Gasteiger partial charge in [-0.05, 0) is 59.9 Å². The van der Waals surface area contributed by atoms with E-state index in [9.17, 15) is 4.79 Å². The Labute approximate surface area is 180 Å². The number of nitrogens with zero attached hydrogens (tertiary/aromatic N) is 4. The van der Waals surface area contributed by atoms with E-state index in [0.717, 1.165) is 48.1 Å². The summed E-state index contributed by atoms with van der Waals surface area (Å²) in [7, 11) is 0. The Kier molecular flexibility index (Phi) is 5.02. The molecule has 1 atom stereocenters. The first-order chi connectivity index (χ1) is 15.1. The third-order valence-electron chi connectivity index (χ3n) is 6.21. The summed E-state index contributed by atoms with van der Waals surface area (Å²) in [5.74, 6) is 0.355. The Bertz CT molecular complexity index is 1240. The molecule has 2 N–H and O–H groups in total. The van der Waals surface area contributed by atoms with Crippen LogP contribution in [0.3, 0.4) is 0 Å². The van der Waals surface area contributed by atoms with Gasteiger partial charge in [0.25, 0.3) is 0 Å². The molecule has 0 radical (unpaired) electrons. The largest absolute Gasteiger partial charge is 0.354 e. The van der Waals surface area contributed by atoms with Crippen molar-refractivity contribution in [3.8, 4) is 11.3 Å². The van der Waals surface area contributed by atoms with E-state index in [4.69, 9.17) is 0 Å². The highest BCUT2D eigenvalue weighted by Crippen LogP contribution is 2.32. The van der Waals surface area contributed by atoms with Crippen LogP contribution in [0.4, 0.5) is 0 Å². The molecule has 0 bridgehead atoms. The molecule has 31 heavy (non-hydrogen) atoms. The fourth-order valence-corrected chi connectivity index (χ4v) is 4.60. The number of aryl methyl sites for hydroxylation is 3. The van der Waals surface area contributed by atoms with Crippen LogP contribution in [0, 0.1) is 13.8 Å². The highest BCUT2D eigenvalue weighted by atomic mass is 16.1. The summed E-state index contributed by atoms with van der Waals surface area (Å²) in [6, 6.07) is 14.7. The number of fused-ring (bicyclic) bond motifs is 2. The number of H-pyrrole nitrogens is 1. The molecule has 0 aliphatic carbocycles. The van der Waals surface area contributed by atoms with Crippen molar-refractivity contribution in [3.05, 3.63) is 65.0 Å². The van der Waals surface area contributed by atoms with Crippen LogP contribution in [0.15, 0.2) is 42.5 Å². The second kappa shape index (κ2) is 7.98. The minimum atomic E-state index is -0.303. The molecule has 4 aromatic rings. The van der Waals surface area contributed by atoms with E-state index in [1.165, 1.54) is 16.5 Å². The molecule has 2 aromatic heterocycles. The normalized spacial score (nSPS) is 16.1. The molecule has 0 saturated carbocycles. The van der Waals surface area contributed by atoms with Crippen LogP contribution in [0.2, 0.25) is 0 Å². The van der Waals surface area contributed by atoms with Crippen LogP contribution in [0.25, 0.3) is 22.2 Å². The molecule has 1 amide bonds. The number of aromatic amines is 1. The number of nitrogens with one attached hydrogen (secondary N) is 2. The summed E-state index contributed by atoms with van der Waals surface area (Å²) >= 11 is 0. The van der Waals surface area contributed by atoms with Gasteiger partial charge in [-0.3, -0.25) is 4.79 Å². The molecule has 5 rings (SSSR count). The maximum Gasteiger partial charge on any atom is 0.231 e. The number of tetrazole rings is 1. The number of benzene rings is 2. The Morgan fingerprint density at radius 3 is 2.87 bits per heavy atom. The van der Waals surface area contributed by atoms with Crippen LogP contribution in [-0.2, 0) is 17.9 Å². The molecular weight excluding hydrogens is 388 g/mol. The Morgan fingerprint density at radius 1 is 1.19 bits per heavy atom. The van der Waals surface area contributed by atoms with E-state index in [0.29, 0.717) is 12.4 Å². The Hall–Kier alpha value is -3.48. The molecular formula is C24H26N6O. The van der Waals surface area contributed by atoms with Gasteiger partial charge in [0.15, 0.2) is 5.82 Å². The zero-order chi connectivity index (χ0) is 21.4. The lowest BCUT2D eigenvalue weighted by Gasteiger charge is -2.14. The fraction of sp³-hybridized carbons (Fsp3) is 0.333. The van der Waals surface area contributed by atoms with Gasteiger partial charge in [-0.15, -0.1) is 5.10 Å². The Morgan fingerprint density at radius 2 is 2.03 bits per heavy atom. The number of aromatic nitrogens is 5. The fourth-order valence-electron chi connectivity index (χ4n) is 4.60. The summed E-state index contributed by atoms with van der Waals surface area (Å²) < 4.78 is 1.77. The van der Waals surface area contributed by atoms with Crippen molar-refractivity contribution in [2.45, 2.75) is 52.1 Å². The van der Waals surface area contributed by atoms with Gasteiger partial charge in [0.05, 0.1) is 11.4 Å². The van der Waals surface area contributed by atoms with Gasteiger partial charge < -0.3 is 10.3 Å². The van der Waals surface area contributed by atoms with E-state index >= 15 is 0 Å². The molecule has 1 aliphatic heterocycles. The third-order valence-corrected chi connectivity index (χ3v) is 6.21. The molecule has 7 nitrogen and oxygen atoms in total. The second-order valence-electron chi connectivity index (χ2n) is 8.36. The third kappa shape index (κ3) is 3.60. The first kappa shape index (κ1) is 19.5. The smallest absolute Gasteiger partial charge is 0.231 e. The zero-order valence-electron chi connectivity index (χ0n) is 17.9. The molecule has 0 fully saturated rings. The maximum absolute atomic E-state index is 13.1. The molecule has 7 heteroatoms. The quantitative estimate of drug-likeness (QED) is 0.528. The predicted octanol–water partition coefficient (Wildman–Crippen LogP) is 4.02. The summed E-state index contributed by atoms with van der Waals surface area (Å²) in [6.45, 7) is 5.48. The second-order valence-corrected chi connectivity index (χ2v) is 8.36. The van der Waals surface area contributed by atoms with Crippen LogP contribution in [0.1, 0.15) is 47.7 Å². The van der Waals surface area contributed by atoms with Crippen molar-refractivity contribution < 1.29 is 4.79 Å². The highest BCUT2D eigenvalue weighted by molar-refractivity contribution is 5.93. The van der Waals surface area contributed by atoms with Gasteiger partial charge >= 0.3 is 0 Å². The molecule has 2 aromatic carbocycles. The van der Waals surface area contributed by atoms with Crippen molar-refractivity contribution in [1.82, 2.24) is 30.5 Å². The van der Waals surface area contributed by atoms with Crippen LogP contribution < -0.4 is 5.32 Å². The first-order valence-corrected chi connectivity index (χ1v) is 10.8. The molecule has 0 saturated heterocycles. The van der Waals surface area contributed by atoms with Crippen LogP contribution in [-0.4, -0.2) is 31.1 Å². The van der Waals surface area contributed by atoms with Gasteiger partial charge in [0.1, 0.15) is 0 Å². The van der Waals surface area contributed by atoms with E-state index in [-0.39, 0.29) is 11.8 Å². The number of hydrogen-bond acceptors (Lipinski definition) is 4. The van der Waals surface area contributed by atoms with E-state index in [2.05, 4.69) is 63.9 Å². The monoisotopic (exact) mass is 414 g/mol.